The number of hydrogen-bond acceptors (Lipinski definition) is 5. The quantitative estimate of drug-likeness (QED) is 0.846. The third-order valence-electron chi connectivity index (χ3n) is 3.84. The first kappa shape index (κ1) is 14.5. The van der Waals surface area contributed by atoms with Crippen LogP contribution in [-0.4, -0.2) is 34.6 Å². The third-order valence-corrected chi connectivity index (χ3v) is 3.84. The molecule has 0 saturated carbocycles. The predicted octanol–water partition coefficient (Wildman–Crippen LogP) is 2.25. The molecule has 0 amide bonds. The summed E-state index contributed by atoms with van der Waals surface area (Å²) in [7, 11) is 0. The molecule has 1 unspecified atom stereocenters. The molecule has 1 saturated heterocycles. The van der Waals surface area contributed by atoms with Gasteiger partial charge in [0.25, 0.3) is 0 Å². The minimum atomic E-state index is 0.515. The highest BCUT2D eigenvalue weighted by molar-refractivity contribution is 5.32. The van der Waals surface area contributed by atoms with Crippen molar-refractivity contribution in [3.63, 3.8) is 0 Å². The van der Waals surface area contributed by atoms with Gasteiger partial charge in [-0.25, -0.2) is 4.98 Å². The summed E-state index contributed by atoms with van der Waals surface area (Å²) in [5, 5.41) is 8.95. The lowest BCUT2D eigenvalue weighted by molar-refractivity contribution is 0.231. The van der Waals surface area contributed by atoms with Gasteiger partial charge in [0.1, 0.15) is 0 Å². The Balaban J connectivity index is 1.49. The van der Waals surface area contributed by atoms with Crippen molar-refractivity contribution in [2.24, 2.45) is 5.92 Å². The molecule has 0 spiro atoms. The van der Waals surface area contributed by atoms with Crippen LogP contribution in [0.4, 0.5) is 0 Å². The van der Waals surface area contributed by atoms with Crippen LogP contribution < -0.4 is 4.74 Å². The standard InChI is InChI=1S/C17H18N4O/c18-9-14-2-1-3-15(8-14)11-21-7-4-16(12-21)13-22-17-10-19-5-6-20-17/h1-3,5-6,8,10,16H,4,7,11-13H2. The Kier molecular flexibility index (Phi) is 4.62. The molecule has 2 aromatic rings. The second-order valence-corrected chi connectivity index (χ2v) is 5.56. The van der Waals surface area contributed by atoms with Gasteiger partial charge < -0.3 is 4.74 Å². The van der Waals surface area contributed by atoms with Crippen molar-refractivity contribution in [3.05, 3.63) is 54.0 Å². The maximum atomic E-state index is 8.95. The van der Waals surface area contributed by atoms with Crippen molar-refractivity contribution in [3.8, 4) is 11.9 Å². The summed E-state index contributed by atoms with van der Waals surface area (Å²) in [6.07, 6.45) is 6.04. The van der Waals surface area contributed by atoms with Crippen LogP contribution in [0.3, 0.4) is 0 Å². The van der Waals surface area contributed by atoms with E-state index in [0.717, 1.165) is 31.6 Å². The molecule has 0 N–H and O–H groups in total. The first-order valence-electron chi connectivity index (χ1n) is 7.43. The van der Waals surface area contributed by atoms with E-state index in [2.05, 4.69) is 27.0 Å². The molecule has 1 aliphatic rings. The minimum absolute atomic E-state index is 0.515. The molecule has 5 heteroatoms. The van der Waals surface area contributed by atoms with Gasteiger partial charge in [0.05, 0.1) is 24.4 Å². The van der Waals surface area contributed by atoms with Gasteiger partial charge >= 0.3 is 0 Å². The molecule has 3 rings (SSSR count). The molecule has 0 radical (unpaired) electrons. The SMILES string of the molecule is N#Cc1cccc(CN2CCC(COc3cnccn3)C2)c1. The molecule has 5 nitrogen and oxygen atoms in total. The number of nitriles is 1. The number of aromatic nitrogens is 2. The summed E-state index contributed by atoms with van der Waals surface area (Å²) < 4.78 is 5.68. The van der Waals surface area contributed by atoms with E-state index in [1.165, 1.54) is 5.56 Å². The normalized spacial score (nSPS) is 18.0. The Hall–Kier alpha value is -2.45. The number of hydrogen-bond donors (Lipinski definition) is 0. The van der Waals surface area contributed by atoms with Crippen LogP contribution in [0.1, 0.15) is 17.5 Å². The lowest BCUT2D eigenvalue weighted by atomic mass is 10.1. The van der Waals surface area contributed by atoms with Gasteiger partial charge in [-0.05, 0) is 30.7 Å². The van der Waals surface area contributed by atoms with Gasteiger partial charge in [-0.1, -0.05) is 12.1 Å². The van der Waals surface area contributed by atoms with E-state index in [1.54, 1.807) is 18.6 Å². The highest BCUT2D eigenvalue weighted by atomic mass is 16.5. The minimum Gasteiger partial charge on any atom is -0.476 e. The second-order valence-electron chi connectivity index (χ2n) is 5.56. The van der Waals surface area contributed by atoms with Crippen LogP contribution in [0, 0.1) is 17.2 Å². The number of ether oxygens (including phenoxy) is 1. The molecule has 1 aromatic carbocycles. The van der Waals surface area contributed by atoms with Crippen LogP contribution in [0.2, 0.25) is 0 Å². The fourth-order valence-corrected chi connectivity index (χ4v) is 2.75. The Labute approximate surface area is 130 Å². The van der Waals surface area contributed by atoms with Gasteiger partial charge in [-0.15, -0.1) is 0 Å². The average Bonchev–Trinajstić information content (AvgIpc) is 3.01. The first-order valence-corrected chi connectivity index (χ1v) is 7.43. The van der Waals surface area contributed by atoms with E-state index in [0.29, 0.717) is 18.4 Å². The Morgan fingerprint density at radius 1 is 1.36 bits per heavy atom. The predicted molar refractivity (Wildman–Crippen MR) is 82.1 cm³/mol. The number of likely N-dealkylation sites (tertiary alicyclic amines) is 1. The summed E-state index contributed by atoms with van der Waals surface area (Å²) in [5.41, 5.74) is 1.91. The van der Waals surface area contributed by atoms with E-state index in [9.17, 15) is 0 Å². The van der Waals surface area contributed by atoms with Crippen molar-refractivity contribution in [2.75, 3.05) is 19.7 Å². The molecule has 1 atom stereocenters. The average molecular weight is 294 g/mol. The smallest absolute Gasteiger partial charge is 0.232 e. The van der Waals surface area contributed by atoms with Crippen molar-refractivity contribution >= 4 is 0 Å². The van der Waals surface area contributed by atoms with Gasteiger partial charge in [-0.2, -0.15) is 5.26 Å². The lowest BCUT2D eigenvalue weighted by Crippen LogP contribution is -2.22. The fourth-order valence-electron chi connectivity index (χ4n) is 2.75. The fraction of sp³-hybridized carbons (Fsp3) is 0.353. The molecule has 1 aliphatic heterocycles. The Bertz CT molecular complexity index is 653. The Morgan fingerprint density at radius 2 is 2.32 bits per heavy atom. The molecule has 112 valence electrons. The molecular formula is C17H18N4O. The maximum absolute atomic E-state index is 8.95. The number of rotatable bonds is 5. The van der Waals surface area contributed by atoms with Crippen molar-refractivity contribution in [1.82, 2.24) is 14.9 Å². The van der Waals surface area contributed by atoms with Crippen molar-refractivity contribution in [2.45, 2.75) is 13.0 Å². The molecular weight excluding hydrogens is 276 g/mol. The Morgan fingerprint density at radius 3 is 3.14 bits per heavy atom. The molecule has 0 bridgehead atoms. The zero-order chi connectivity index (χ0) is 15.2. The van der Waals surface area contributed by atoms with E-state index in [4.69, 9.17) is 10.00 Å². The van der Waals surface area contributed by atoms with Gasteiger partial charge in [0.15, 0.2) is 0 Å². The number of nitrogens with zero attached hydrogens (tertiary/aromatic N) is 4. The van der Waals surface area contributed by atoms with Crippen LogP contribution in [0.15, 0.2) is 42.9 Å². The van der Waals surface area contributed by atoms with Crippen LogP contribution >= 0.6 is 0 Å². The molecule has 0 aliphatic carbocycles. The van der Waals surface area contributed by atoms with Crippen molar-refractivity contribution < 1.29 is 4.74 Å². The van der Waals surface area contributed by atoms with E-state index in [1.807, 2.05) is 18.2 Å². The monoisotopic (exact) mass is 294 g/mol. The summed E-state index contributed by atoms with van der Waals surface area (Å²) in [5.74, 6) is 1.10. The third kappa shape index (κ3) is 3.80. The van der Waals surface area contributed by atoms with Crippen LogP contribution in [0.5, 0.6) is 5.88 Å². The van der Waals surface area contributed by atoms with E-state index < -0.39 is 0 Å². The number of benzene rings is 1. The summed E-state index contributed by atoms with van der Waals surface area (Å²) in [6, 6.07) is 10.0. The zero-order valence-corrected chi connectivity index (χ0v) is 12.4. The van der Waals surface area contributed by atoms with Crippen LogP contribution in [-0.2, 0) is 6.54 Å². The largest absolute Gasteiger partial charge is 0.476 e. The van der Waals surface area contributed by atoms with Gasteiger partial charge in [0.2, 0.25) is 5.88 Å². The summed E-state index contributed by atoms with van der Waals surface area (Å²) >= 11 is 0. The summed E-state index contributed by atoms with van der Waals surface area (Å²) in [4.78, 5) is 10.5. The highest BCUT2D eigenvalue weighted by Gasteiger charge is 2.23. The molecule has 22 heavy (non-hydrogen) atoms. The van der Waals surface area contributed by atoms with Crippen molar-refractivity contribution in [1.29, 1.82) is 5.26 Å². The summed E-state index contributed by atoms with van der Waals surface area (Å²) in [6.45, 7) is 3.63. The zero-order valence-electron chi connectivity index (χ0n) is 12.4. The lowest BCUT2D eigenvalue weighted by Gasteiger charge is -2.16. The maximum Gasteiger partial charge on any atom is 0.232 e. The molecule has 1 fully saturated rings. The highest BCUT2D eigenvalue weighted by Crippen LogP contribution is 2.20. The topological polar surface area (TPSA) is 62.0 Å². The van der Waals surface area contributed by atoms with E-state index in [-0.39, 0.29) is 0 Å². The van der Waals surface area contributed by atoms with E-state index >= 15 is 0 Å². The first-order chi connectivity index (χ1) is 10.8. The van der Waals surface area contributed by atoms with Gasteiger partial charge in [-0.3, -0.25) is 9.88 Å². The van der Waals surface area contributed by atoms with Crippen LogP contribution in [0.25, 0.3) is 0 Å². The second kappa shape index (κ2) is 7.01. The van der Waals surface area contributed by atoms with Gasteiger partial charge in [0, 0.05) is 31.4 Å². The molecule has 2 heterocycles. The molecule has 1 aromatic heterocycles.